The Kier molecular flexibility index (Phi) is 4.44. The largest absolute Gasteiger partial charge is 0.459 e. The summed E-state index contributed by atoms with van der Waals surface area (Å²) in [6, 6.07) is 23.1. The van der Waals surface area contributed by atoms with Crippen molar-refractivity contribution < 1.29 is 19.1 Å². The lowest BCUT2D eigenvalue weighted by Gasteiger charge is -2.57. The summed E-state index contributed by atoms with van der Waals surface area (Å²) in [5, 5.41) is 0. The summed E-state index contributed by atoms with van der Waals surface area (Å²) < 4.78 is 5.43. The van der Waals surface area contributed by atoms with Crippen molar-refractivity contribution in [2.24, 2.45) is 11.8 Å². The lowest BCUT2D eigenvalue weighted by molar-refractivity contribution is -0.124. The van der Waals surface area contributed by atoms with Crippen LogP contribution in [0.2, 0.25) is 0 Å². The molecule has 5 heteroatoms. The molecule has 2 amide bonds. The van der Waals surface area contributed by atoms with Crippen molar-refractivity contribution in [2.45, 2.75) is 44.6 Å². The summed E-state index contributed by atoms with van der Waals surface area (Å²) in [7, 11) is 0. The van der Waals surface area contributed by atoms with Crippen LogP contribution < -0.4 is 4.90 Å². The average Bonchev–Trinajstić information content (AvgIpc) is 3.13. The monoisotopic (exact) mass is 465 g/mol. The SMILES string of the molecule is CC(C)OC(=O)c1ccccc1N1C(=O)[C@@H]2[C@@H](C1=O)C1(C)c3ccccc3C2(C)c2ccccc21. The first kappa shape index (κ1) is 21.8. The maximum atomic E-state index is 14.3. The first-order chi connectivity index (χ1) is 16.7. The first-order valence-corrected chi connectivity index (χ1v) is 12.1. The van der Waals surface area contributed by atoms with Gasteiger partial charge in [0.25, 0.3) is 0 Å². The lowest BCUT2D eigenvalue weighted by Crippen LogP contribution is -2.59. The van der Waals surface area contributed by atoms with Gasteiger partial charge < -0.3 is 4.74 Å². The van der Waals surface area contributed by atoms with Crippen LogP contribution in [-0.4, -0.2) is 23.9 Å². The number of rotatable bonds is 3. The molecule has 3 aliphatic carbocycles. The quantitative estimate of drug-likeness (QED) is 0.404. The number of para-hydroxylation sites is 1. The van der Waals surface area contributed by atoms with E-state index in [1.807, 2.05) is 24.3 Å². The molecule has 2 atom stereocenters. The van der Waals surface area contributed by atoms with E-state index in [1.54, 1.807) is 38.1 Å². The zero-order chi connectivity index (χ0) is 24.7. The fourth-order valence-electron chi connectivity index (χ4n) is 6.93. The van der Waals surface area contributed by atoms with Crippen molar-refractivity contribution in [3.05, 3.63) is 101 Å². The molecular formula is C30H27NO4. The standard InChI is InChI=1S/C30H27NO4/c1-17(2)35-28(34)18-11-5-10-16-23(18)31-26(32)24-25(27(31)33)30(4)21-14-8-6-12-19(21)29(24,3)20-13-7-9-15-22(20)30/h5-17,24-25H,1-4H3/t24-,25-,29?,30?/m0/s1. The third-order valence-corrected chi connectivity index (χ3v) is 8.35. The Balaban J connectivity index is 1.58. The number of carbonyl (C=O) groups is 3. The molecule has 0 N–H and O–H groups in total. The van der Waals surface area contributed by atoms with Crippen molar-refractivity contribution in [1.82, 2.24) is 0 Å². The summed E-state index contributed by atoms with van der Waals surface area (Å²) in [6.07, 6.45) is -0.319. The number of amides is 2. The van der Waals surface area contributed by atoms with Crippen LogP contribution in [-0.2, 0) is 25.2 Å². The van der Waals surface area contributed by atoms with E-state index in [-0.39, 0.29) is 23.5 Å². The van der Waals surface area contributed by atoms with Crippen molar-refractivity contribution in [1.29, 1.82) is 0 Å². The van der Waals surface area contributed by atoms with Gasteiger partial charge in [-0.2, -0.15) is 0 Å². The van der Waals surface area contributed by atoms with Crippen molar-refractivity contribution in [3.8, 4) is 0 Å². The number of esters is 1. The predicted octanol–water partition coefficient (Wildman–Crippen LogP) is 5.00. The Morgan fingerprint density at radius 3 is 1.57 bits per heavy atom. The molecule has 1 heterocycles. The van der Waals surface area contributed by atoms with E-state index in [1.165, 1.54) is 4.90 Å². The molecule has 1 fully saturated rings. The smallest absolute Gasteiger partial charge is 0.340 e. The normalized spacial score (nSPS) is 28.1. The van der Waals surface area contributed by atoms with Gasteiger partial charge in [-0.15, -0.1) is 0 Å². The van der Waals surface area contributed by atoms with Crippen LogP contribution in [0.1, 0.15) is 60.3 Å². The molecule has 5 nitrogen and oxygen atoms in total. The highest BCUT2D eigenvalue weighted by Crippen LogP contribution is 2.66. The third kappa shape index (κ3) is 2.56. The molecule has 3 aromatic rings. The molecule has 3 aromatic carbocycles. The summed E-state index contributed by atoms with van der Waals surface area (Å²) in [6.45, 7) is 7.73. The van der Waals surface area contributed by atoms with Crippen LogP contribution in [0.15, 0.2) is 72.8 Å². The van der Waals surface area contributed by atoms with Gasteiger partial charge in [-0.1, -0.05) is 74.5 Å². The van der Waals surface area contributed by atoms with Gasteiger partial charge in [-0.3, -0.25) is 9.59 Å². The van der Waals surface area contributed by atoms with Gasteiger partial charge in [-0.05, 0) is 48.2 Å². The molecule has 35 heavy (non-hydrogen) atoms. The van der Waals surface area contributed by atoms with E-state index in [4.69, 9.17) is 4.74 Å². The van der Waals surface area contributed by atoms with Gasteiger partial charge in [-0.25, -0.2) is 9.69 Å². The summed E-state index contributed by atoms with van der Waals surface area (Å²) in [5.41, 5.74) is 3.57. The van der Waals surface area contributed by atoms with Gasteiger partial charge in [0.05, 0.1) is 29.2 Å². The van der Waals surface area contributed by atoms with Crippen LogP contribution >= 0.6 is 0 Å². The maximum Gasteiger partial charge on any atom is 0.340 e. The van der Waals surface area contributed by atoms with Crippen molar-refractivity contribution in [3.63, 3.8) is 0 Å². The Hall–Kier alpha value is -3.73. The minimum absolute atomic E-state index is 0.222. The topological polar surface area (TPSA) is 63.7 Å². The second-order valence-corrected chi connectivity index (χ2v) is 10.4. The van der Waals surface area contributed by atoms with Gasteiger partial charge in [0.1, 0.15) is 0 Å². The Morgan fingerprint density at radius 2 is 1.14 bits per heavy atom. The van der Waals surface area contributed by atoms with E-state index in [0.717, 1.165) is 22.3 Å². The fourth-order valence-corrected chi connectivity index (χ4v) is 6.93. The van der Waals surface area contributed by atoms with Crippen LogP contribution in [0.5, 0.6) is 0 Å². The number of anilines is 1. The first-order valence-electron chi connectivity index (χ1n) is 12.1. The third-order valence-electron chi connectivity index (χ3n) is 8.35. The van der Waals surface area contributed by atoms with Crippen molar-refractivity contribution in [2.75, 3.05) is 4.90 Å². The number of carbonyl (C=O) groups excluding carboxylic acids is 3. The number of hydrogen-bond donors (Lipinski definition) is 0. The van der Waals surface area contributed by atoms with Crippen LogP contribution in [0.4, 0.5) is 5.69 Å². The highest BCUT2D eigenvalue weighted by Gasteiger charge is 2.70. The summed E-state index contributed by atoms with van der Waals surface area (Å²) >= 11 is 0. The van der Waals surface area contributed by atoms with E-state index in [2.05, 4.69) is 38.1 Å². The minimum atomic E-state index is -0.662. The lowest BCUT2D eigenvalue weighted by atomic mass is 9.42. The van der Waals surface area contributed by atoms with Crippen LogP contribution in [0.25, 0.3) is 0 Å². The molecule has 7 rings (SSSR count). The number of nitrogens with zero attached hydrogens (tertiary/aromatic N) is 1. The molecule has 4 aliphatic rings. The Bertz CT molecular complexity index is 1300. The van der Waals surface area contributed by atoms with Gasteiger partial charge in [0, 0.05) is 10.8 Å². The molecule has 0 saturated carbocycles. The molecule has 0 radical (unpaired) electrons. The minimum Gasteiger partial charge on any atom is -0.459 e. The summed E-state index contributed by atoms with van der Waals surface area (Å²) in [4.78, 5) is 42.7. The van der Waals surface area contributed by atoms with Crippen molar-refractivity contribution >= 4 is 23.5 Å². The summed E-state index contributed by atoms with van der Waals surface area (Å²) in [5.74, 6) is -2.21. The van der Waals surface area contributed by atoms with Gasteiger partial charge >= 0.3 is 5.97 Å². The van der Waals surface area contributed by atoms with E-state index in [9.17, 15) is 14.4 Å². The highest BCUT2D eigenvalue weighted by atomic mass is 16.5. The zero-order valence-electron chi connectivity index (χ0n) is 20.2. The fraction of sp³-hybridized carbons (Fsp3) is 0.300. The Labute approximate surface area is 204 Å². The molecule has 2 bridgehead atoms. The molecule has 0 spiro atoms. The molecule has 1 aliphatic heterocycles. The molecule has 176 valence electrons. The molecule has 0 aromatic heterocycles. The Morgan fingerprint density at radius 1 is 0.743 bits per heavy atom. The molecule has 1 saturated heterocycles. The van der Waals surface area contributed by atoms with Crippen LogP contribution in [0, 0.1) is 11.8 Å². The van der Waals surface area contributed by atoms with Crippen LogP contribution in [0.3, 0.4) is 0 Å². The molecule has 0 unspecified atom stereocenters. The molecular weight excluding hydrogens is 438 g/mol. The second-order valence-electron chi connectivity index (χ2n) is 10.4. The van der Waals surface area contributed by atoms with Gasteiger partial charge in [0.15, 0.2) is 0 Å². The van der Waals surface area contributed by atoms with E-state index in [0.29, 0.717) is 5.69 Å². The number of imide groups is 1. The number of hydrogen-bond acceptors (Lipinski definition) is 4. The average molecular weight is 466 g/mol. The highest BCUT2D eigenvalue weighted by molar-refractivity contribution is 6.25. The second kappa shape index (κ2) is 7.14. The van der Waals surface area contributed by atoms with E-state index >= 15 is 0 Å². The maximum absolute atomic E-state index is 14.3. The zero-order valence-corrected chi connectivity index (χ0v) is 20.2. The number of ether oxygens (including phenoxy) is 1. The van der Waals surface area contributed by atoms with Gasteiger partial charge in [0.2, 0.25) is 11.8 Å². The predicted molar refractivity (Wildman–Crippen MR) is 132 cm³/mol. The number of benzene rings is 3. The van der Waals surface area contributed by atoms with E-state index < -0.39 is 28.6 Å².